The Kier molecular flexibility index (Phi) is 7.46. The molecule has 0 saturated heterocycles. The van der Waals surface area contributed by atoms with Gasteiger partial charge >= 0.3 is 0 Å². The molecule has 5 nitrogen and oxygen atoms in total. The van der Waals surface area contributed by atoms with Crippen molar-refractivity contribution in [3.05, 3.63) is 80.8 Å². The lowest BCUT2D eigenvalue weighted by Gasteiger charge is -2.33. The van der Waals surface area contributed by atoms with Gasteiger partial charge in [0.1, 0.15) is 10.9 Å². The molecule has 3 aromatic rings. The Balaban J connectivity index is 1.79. The fourth-order valence-corrected chi connectivity index (χ4v) is 5.39. The SMILES string of the molecule is Cc1nc(C)c(C(=O)N(c2ccc(Cl)cc2)[C@H](C(=O)NC2CCCCC2)c2ccccc2)s1. The zero-order valence-electron chi connectivity index (χ0n) is 18.9. The van der Waals surface area contributed by atoms with Crippen molar-refractivity contribution in [3.8, 4) is 0 Å². The summed E-state index contributed by atoms with van der Waals surface area (Å²) in [5.74, 6) is -0.414. The Labute approximate surface area is 203 Å². The van der Waals surface area contributed by atoms with E-state index in [4.69, 9.17) is 11.6 Å². The molecule has 7 heteroatoms. The molecule has 0 aliphatic heterocycles. The van der Waals surface area contributed by atoms with E-state index in [2.05, 4.69) is 10.3 Å². The lowest BCUT2D eigenvalue weighted by atomic mass is 9.94. The number of aryl methyl sites for hydroxylation is 2. The van der Waals surface area contributed by atoms with Gasteiger partial charge in [-0.3, -0.25) is 14.5 Å². The van der Waals surface area contributed by atoms with Crippen molar-refractivity contribution in [2.45, 2.75) is 58.0 Å². The zero-order chi connectivity index (χ0) is 23.4. The van der Waals surface area contributed by atoms with Gasteiger partial charge in [-0.05, 0) is 56.5 Å². The zero-order valence-corrected chi connectivity index (χ0v) is 20.5. The van der Waals surface area contributed by atoms with Crippen LogP contribution in [0.2, 0.25) is 5.02 Å². The molecule has 1 aliphatic carbocycles. The van der Waals surface area contributed by atoms with Crippen LogP contribution in [0.25, 0.3) is 0 Å². The maximum atomic E-state index is 14.0. The van der Waals surface area contributed by atoms with E-state index in [0.717, 1.165) is 36.3 Å². The smallest absolute Gasteiger partial charge is 0.271 e. The molecule has 2 amide bonds. The Morgan fingerprint density at radius 2 is 1.70 bits per heavy atom. The molecule has 1 heterocycles. The highest BCUT2D eigenvalue weighted by Crippen LogP contribution is 2.33. The lowest BCUT2D eigenvalue weighted by Crippen LogP contribution is -2.47. The van der Waals surface area contributed by atoms with Crippen LogP contribution in [0.15, 0.2) is 54.6 Å². The summed E-state index contributed by atoms with van der Waals surface area (Å²) in [7, 11) is 0. The minimum absolute atomic E-state index is 0.131. The molecule has 1 N–H and O–H groups in total. The molecular weight excluding hydrogens is 454 g/mol. The van der Waals surface area contributed by atoms with Crippen LogP contribution in [0.5, 0.6) is 0 Å². The van der Waals surface area contributed by atoms with Crippen molar-refractivity contribution in [1.29, 1.82) is 0 Å². The second kappa shape index (κ2) is 10.5. The summed E-state index contributed by atoms with van der Waals surface area (Å²) in [5.41, 5.74) is 2.04. The number of amides is 2. The molecule has 1 saturated carbocycles. The Bertz CT molecular complexity index is 1110. The highest BCUT2D eigenvalue weighted by Gasteiger charge is 2.35. The van der Waals surface area contributed by atoms with E-state index in [1.807, 2.05) is 44.2 Å². The number of halogens is 1. The number of nitrogens with one attached hydrogen (secondary N) is 1. The summed E-state index contributed by atoms with van der Waals surface area (Å²) in [6.07, 6.45) is 5.36. The summed E-state index contributed by atoms with van der Waals surface area (Å²) in [6.45, 7) is 3.71. The van der Waals surface area contributed by atoms with Gasteiger partial charge in [-0.2, -0.15) is 0 Å². The quantitative estimate of drug-likeness (QED) is 0.452. The summed E-state index contributed by atoms with van der Waals surface area (Å²) in [6, 6.07) is 15.8. The monoisotopic (exact) mass is 481 g/mol. The van der Waals surface area contributed by atoms with Crippen LogP contribution in [0.4, 0.5) is 5.69 Å². The fraction of sp³-hybridized carbons (Fsp3) is 0.346. The number of rotatable bonds is 6. The number of benzene rings is 2. The third-order valence-electron chi connectivity index (χ3n) is 5.99. The van der Waals surface area contributed by atoms with Crippen molar-refractivity contribution in [2.75, 3.05) is 4.90 Å². The molecule has 1 fully saturated rings. The molecule has 2 aromatic carbocycles. The van der Waals surface area contributed by atoms with Crippen LogP contribution in [0.1, 0.15) is 64.1 Å². The van der Waals surface area contributed by atoms with Crippen LogP contribution in [0.3, 0.4) is 0 Å². The average Bonchev–Trinajstić information content (AvgIpc) is 3.16. The summed E-state index contributed by atoms with van der Waals surface area (Å²) in [4.78, 5) is 34.3. The maximum absolute atomic E-state index is 14.0. The van der Waals surface area contributed by atoms with Gasteiger partial charge in [0.15, 0.2) is 0 Å². The van der Waals surface area contributed by atoms with Crippen LogP contribution < -0.4 is 10.2 Å². The number of anilines is 1. The van der Waals surface area contributed by atoms with Crippen LogP contribution in [-0.4, -0.2) is 22.8 Å². The minimum atomic E-state index is -0.816. The van der Waals surface area contributed by atoms with Gasteiger partial charge in [0, 0.05) is 16.8 Å². The van der Waals surface area contributed by atoms with Gasteiger partial charge in [0.05, 0.1) is 10.7 Å². The predicted octanol–water partition coefficient (Wildman–Crippen LogP) is 6.25. The largest absolute Gasteiger partial charge is 0.351 e. The number of carbonyl (C=O) groups is 2. The maximum Gasteiger partial charge on any atom is 0.271 e. The molecule has 1 aliphatic rings. The summed E-state index contributed by atoms with van der Waals surface area (Å²) >= 11 is 7.49. The van der Waals surface area contributed by atoms with Crippen molar-refractivity contribution >= 4 is 40.4 Å². The van der Waals surface area contributed by atoms with Crippen molar-refractivity contribution in [1.82, 2.24) is 10.3 Å². The first kappa shape index (κ1) is 23.5. The van der Waals surface area contributed by atoms with Crippen LogP contribution >= 0.6 is 22.9 Å². The highest BCUT2D eigenvalue weighted by atomic mass is 35.5. The van der Waals surface area contributed by atoms with Gasteiger partial charge in [0.2, 0.25) is 5.91 Å². The summed E-state index contributed by atoms with van der Waals surface area (Å²) in [5, 5.41) is 4.62. The topological polar surface area (TPSA) is 62.3 Å². The first-order valence-electron chi connectivity index (χ1n) is 11.3. The van der Waals surface area contributed by atoms with Crippen LogP contribution in [0, 0.1) is 13.8 Å². The second-order valence-electron chi connectivity index (χ2n) is 8.46. The van der Waals surface area contributed by atoms with Gasteiger partial charge in [0.25, 0.3) is 5.91 Å². The molecule has 0 unspecified atom stereocenters. The van der Waals surface area contributed by atoms with E-state index in [1.165, 1.54) is 17.8 Å². The molecule has 0 radical (unpaired) electrons. The summed E-state index contributed by atoms with van der Waals surface area (Å²) < 4.78 is 0. The van der Waals surface area contributed by atoms with Crippen molar-refractivity contribution < 1.29 is 9.59 Å². The first-order chi connectivity index (χ1) is 15.9. The lowest BCUT2D eigenvalue weighted by molar-refractivity contribution is -0.123. The van der Waals surface area contributed by atoms with E-state index in [-0.39, 0.29) is 17.9 Å². The van der Waals surface area contributed by atoms with Gasteiger partial charge < -0.3 is 5.32 Å². The number of aromatic nitrogens is 1. The average molecular weight is 482 g/mol. The molecule has 172 valence electrons. The fourth-order valence-electron chi connectivity index (χ4n) is 4.40. The standard InChI is InChI=1S/C26H28ClN3O2S/c1-17-24(33-18(2)28-17)26(32)30(22-15-13-20(27)14-16-22)23(19-9-5-3-6-10-19)25(31)29-21-11-7-4-8-12-21/h3,5-6,9-10,13-16,21,23H,4,7-8,11-12H2,1-2H3,(H,29,31)/t23-/m0/s1. The first-order valence-corrected chi connectivity index (χ1v) is 12.5. The Morgan fingerprint density at radius 1 is 1.03 bits per heavy atom. The van der Waals surface area contributed by atoms with Gasteiger partial charge in [-0.1, -0.05) is 61.2 Å². The van der Waals surface area contributed by atoms with E-state index in [0.29, 0.717) is 21.3 Å². The van der Waals surface area contributed by atoms with E-state index in [1.54, 1.807) is 29.2 Å². The van der Waals surface area contributed by atoms with Crippen LogP contribution in [-0.2, 0) is 4.79 Å². The van der Waals surface area contributed by atoms with Gasteiger partial charge in [-0.25, -0.2) is 4.98 Å². The number of hydrogen-bond donors (Lipinski definition) is 1. The number of nitrogens with zero attached hydrogens (tertiary/aromatic N) is 2. The third-order valence-corrected chi connectivity index (χ3v) is 7.31. The van der Waals surface area contributed by atoms with Crippen molar-refractivity contribution in [2.24, 2.45) is 0 Å². The molecule has 1 atom stereocenters. The highest BCUT2D eigenvalue weighted by molar-refractivity contribution is 7.13. The molecule has 1 aromatic heterocycles. The molecule has 4 rings (SSSR count). The normalized spacial score (nSPS) is 15.1. The van der Waals surface area contributed by atoms with Gasteiger partial charge in [-0.15, -0.1) is 11.3 Å². The van der Waals surface area contributed by atoms with Crippen molar-refractivity contribution in [3.63, 3.8) is 0 Å². The Hall–Kier alpha value is -2.70. The third kappa shape index (κ3) is 5.45. The minimum Gasteiger partial charge on any atom is -0.351 e. The number of thiazole rings is 1. The number of carbonyl (C=O) groups excluding carboxylic acids is 2. The molecular formula is C26H28ClN3O2S. The predicted molar refractivity (Wildman–Crippen MR) is 134 cm³/mol. The molecule has 0 spiro atoms. The Morgan fingerprint density at radius 3 is 2.30 bits per heavy atom. The van der Waals surface area contributed by atoms with E-state index >= 15 is 0 Å². The molecule has 0 bridgehead atoms. The molecule has 33 heavy (non-hydrogen) atoms. The second-order valence-corrected chi connectivity index (χ2v) is 10.1. The number of hydrogen-bond acceptors (Lipinski definition) is 4. The van der Waals surface area contributed by atoms with E-state index < -0.39 is 6.04 Å². The van der Waals surface area contributed by atoms with E-state index in [9.17, 15) is 9.59 Å².